The summed E-state index contributed by atoms with van der Waals surface area (Å²) >= 11 is 1.66. The van der Waals surface area contributed by atoms with Crippen LogP contribution in [0.4, 0.5) is 0 Å². The first-order valence-corrected chi connectivity index (χ1v) is 7.32. The van der Waals surface area contributed by atoms with Crippen LogP contribution in [0.25, 0.3) is 0 Å². The number of rotatable bonds is 5. The standard InChI is InChI=1S/C9H15NO2S2/c1-10-8(7-14(2,11)12)6-9-4-3-5-13-9/h3-5,8,10H,6-7H2,1-2H3. The van der Waals surface area contributed by atoms with Gasteiger partial charge in [0.25, 0.3) is 0 Å². The predicted octanol–water partition coefficient (Wildman–Crippen LogP) is 0.923. The van der Waals surface area contributed by atoms with Gasteiger partial charge in [0.05, 0.1) is 5.75 Å². The van der Waals surface area contributed by atoms with Crippen LogP contribution >= 0.6 is 11.3 Å². The minimum absolute atomic E-state index is 0.0173. The van der Waals surface area contributed by atoms with Gasteiger partial charge >= 0.3 is 0 Å². The van der Waals surface area contributed by atoms with E-state index in [0.717, 1.165) is 6.42 Å². The zero-order valence-corrected chi connectivity index (χ0v) is 9.99. The summed E-state index contributed by atoms with van der Waals surface area (Å²) in [6.45, 7) is 0. The summed E-state index contributed by atoms with van der Waals surface area (Å²) in [7, 11) is -1.10. The molecule has 0 amide bonds. The van der Waals surface area contributed by atoms with Crippen molar-refractivity contribution in [3.05, 3.63) is 22.4 Å². The molecule has 0 saturated heterocycles. The highest BCUT2D eigenvalue weighted by Crippen LogP contribution is 2.11. The summed E-state index contributed by atoms with van der Waals surface area (Å²) in [5.41, 5.74) is 0. The Kier molecular flexibility index (Phi) is 4.10. The Labute approximate surface area is 89.1 Å². The molecule has 1 aromatic rings. The van der Waals surface area contributed by atoms with E-state index in [1.165, 1.54) is 11.1 Å². The molecule has 1 unspecified atom stereocenters. The van der Waals surface area contributed by atoms with Gasteiger partial charge in [-0.3, -0.25) is 0 Å². The SMILES string of the molecule is CNC(Cc1cccs1)CS(C)(=O)=O. The maximum absolute atomic E-state index is 11.1. The molecule has 5 heteroatoms. The normalized spacial score (nSPS) is 14.1. The largest absolute Gasteiger partial charge is 0.316 e. The van der Waals surface area contributed by atoms with E-state index in [4.69, 9.17) is 0 Å². The molecule has 80 valence electrons. The van der Waals surface area contributed by atoms with Crippen molar-refractivity contribution in [1.82, 2.24) is 5.32 Å². The second-order valence-corrected chi connectivity index (χ2v) is 6.58. The molecular formula is C9H15NO2S2. The van der Waals surface area contributed by atoms with Gasteiger partial charge in [0.2, 0.25) is 0 Å². The molecule has 0 spiro atoms. The van der Waals surface area contributed by atoms with Crippen LogP contribution in [-0.4, -0.2) is 33.5 Å². The average molecular weight is 233 g/mol. The lowest BCUT2D eigenvalue weighted by Gasteiger charge is -2.13. The molecule has 0 saturated carbocycles. The van der Waals surface area contributed by atoms with E-state index in [1.807, 2.05) is 17.5 Å². The van der Waals surface area contributed by atoms with E-state index >= 15 is 0 Å². The van der Waals surface area contributed by atoms with Gasteiger partial charge < -0.3 is 5.32 Å². The molecule has 0 aliphatic carbocycles. The molecule has 1 N–H and O–H groups in total. The quantitative estimate of drug-likeness (QED) is 0.823. The van der Waals surface area contributed by atoms with Crippen LogP contribution in [0.3, 0.4) is 0 Å². The van der Waals surface area contributed by atoms with Crippen LogP contribution in [0.2, 0.25) is 0 Å². The summed E-state index contributed by atoms with van der Waals surface area (Å²) in [5.74, 6) is 0.196. The Morgan fingerprint density at radius 2 is 2.29 bits per heavy atom. The first-order valence-electron chi connectivity index (χ1n) is 4.38. The van der Waals surface area contributed by atoms with Crippen LogP contribution in [0.1, 0.15) is 4.88 Å². The van der Waals surface area contributed by atoms with Gasteiger partial charge in [-0.05, 0) is 24.9 Å². The molecule has 1 aromatic heterocycles. The van der Waals surface area contributed by atoms with Crippen molar-refractivity contribution in [1.29, 1.82) is 0 Å². The first kappa shape index (κ1) is 11.7. The summed E-state index contributed by atoms with van der Waals surface area (Å²) in [5, 5.41) is 5.03. The van der Waals surface area contributed by atoms with E-state index in [2.05, 4.69) is 5.32 Å². The second-order valence-electron chi connectivity index (χ2n) is 3.36. The minimum atomic E-state index is -2.90. The Morgan fingerprint density at radius 3 is 2.71 bits per heavy atom. The maximum Gasteiger partial charge on any atom is 0.148 e. The molecular weight excluding hydrogens is 218 g/mol. The Morgan fingerprint density at radius 1 is 1.57 bits per heavy atom. The van der Waals surface area contributed by atoms with Crippen LogP contribution in [0, 0.1) is 0 Å². The van der Waals surface area contributed by atoms with E-state index < -0.39 is 9.84 Å². The minimum Gasteiger partial charge on any atom is -0.316 e. The summed E-state index contributed by atoms with van der Waals surface area (Å²) < 4.78 is 22.2. The third kappa shape index (κ3) is 4.21. The fourth-order valence-corrected chi connectivity index (χ4v) is 3.08. The Balaban J connectivity index is 2.56. The third-order valence-corrected chi connectivity index (χ3v) is 3.85. The molecule has 0 bridgehead atoms. The van der Waals surface area contributed by atoms with Crippen molar-refractivity contribution in [2.75, 3.05) is 19.1 Å². The molecule has 0 aliphatic rings. The van der Waals surface area contributed by atoms with Crippen LogP contribution in [0.15, 0.2) is 17.5 Å². The van der Waals surface area contributed by atoms with Crippen molar-refractivity contribution in [3.8, 4) is 0 Å². The molecule has 1 atom stereocenters. The Bertz CT molecular complexity index is 356. The number of likely N-dealkylation sites (N-methyl/N-ethyl adjacent to an activating group) is 1. The van der Waals surface area contributed by atoms with Crippen LogP contribution in [-0.2, 0) is 16.3 Å². The highest BCUT2D eigenvalue weighted by atomic mass is 32.2. The number of sulfone groups is 1. The number of hydrogen-bond donors (Lipinski definition) is 1. The molecule has 0 aromatic carbocycles. The fraction of sp³-hybridized carbons (Fsp3) is 0.556. The van der Waals surface area contributed by atoms with Gasteiger partial charge in [0.15, 0.2) is 0 Å². The van der Waals surface area contributed by atoms with Gasteiger partial charge in [-0.1, -0.05) is 6.07 Å². The molecule has 1 rings (SSSR count). The van der Waals surface area contributed by atoms with Crippen molar-refractivity contribution < 1.29 is 8.42 Å². The average Bonchev–Trinajstić information content (AvgIpc) is 2.53. The van der Waals surface area contributed by atoms with E-state index in [9.17, 15) is 8.42 Å². The lowest BCUT2D eigenvalue weighted by molar-refractivity contribution is 0.568. The zero-order chi connectivity index (χ0) is 10.6. The van der Waals surface area contributed by atoms with Gasteiger partial charge in [0.1, 0.15) is 9.84 Å². The second kappa shape index (κ2) is 4.91. The molecule has 1 heterocycles. The van der Waals surface area contributed by atoms with Crippen molar-refractivity contribution in [2.24, 2.45) is 0 Å². The monoisotopic (exact) mass is 233 g/mol. The van der Waals surface area contributed by atoms with Crippen molar-refractivity contribution >= 4 is 21.2 Å². The molecule has 14 heavy (non-hydrogen) atoms. The van der Waals surface area contributed by atoms with Crippen LogP contribution < -0.4 is 5.32 Å². The summed E-state index contributed by atoms with van der Waals surface area (Å²) in [6.07, 6.45) is 2.05. The first-order chi connectivity index (χ1) is 6.51. The molecule has 0 aliphatic heterocycles. The molecule has 0 fully saturated rings. The number of hydrogen-bond acceptors (Lipinski definition) is 4. The lowest BCUT2D eigenvalue weighted by atomic mass is 10.2. The van der Waals surface area contributed by atoms with Crippen molar-refractivity contribution in [2.45, 2.75) is 12.5 Å². The smallest absolute Gasteiger partial charge is 0.148 e. The highest BCUT2D eigenvalue weighted by Gasteiger charge is 2.14. The van der Waals surface area contributed by atoms with E-state index in [0.29, 0.717) is 0 Å². The zero-order valence-electron chi connectivity index (χ0n) is 8.36. The fourth-order valence-electron chi connectivity index (χ4n) is 1.28. The number of thiophene rings is 1. The summed E-state index contributed by atoms with van der Waals surface area (Å²) in [6, 6.07) is 4.02. The van der Waals surface area contributed by atoms with E-state index in [-0.39, 0.29) is 11.8 Å². The van der Waals surface area contributed by atoms with Gasteiger partial charge in [-0.15, -0.1) is 11.3 Å². The molecule has 3 nitrogen and oxygen atoms in total. The summed E-state index contributed by atoms with van der Waals surface area (Å²) in [4.78, 5) is 1.22. The predicted molar refractivity (Wildman–Crippen MR) is 60.6 cm³/mol. The topological polar surface area (TPSA) is 46.2 Å². The van der Waals surface area contributed by atoms with Gasteiger partial charge in [-0.2, -0.15) is 0 Å². The Hall–Kier alpha value is -0.390. The molecule has 0 radical (unpaired) electrons. The lowest BCUT2D eigenvalue weighted by Crippen LogP contribution is -2.34. The van der Waals surface area contributed by atoms with E-state index in [1.54, 1.807) is 18.4 Å². The van der Waals surface area contributed by atoms with Gasteiger partial charge in [-0.25, -0.2) is 8.42 Å². The van der Waals surface area contributed by atoms with Crippen molar-refractivity contribution in [3.63, 3.8) is 0 Å². The number of nitrogens with one attached hydrogen (secondary N) is 1. The highest BCUT2D eigenvalue weighted by molar-refractivity contribution is 7.90. The van der Waals surface area contributed by atoms with Gasteiger partial charge in [0, 0.05) is 17.2 Å². The maximum atomic E-state index is 11.1. The van der Waals surface area contributed by atoms with Crippen LogP contribution in [0.5, 0.6) is 0 Å². The third-order valence-electron chi connectivity index (χ3n) is 1.94.